The molecule has 0 N–H and O–H groups in total. The van der Waals surface area contributed by atoms with E-state index >= 15 is 0 Å². The maximum Gasteiger partial charge on any atom is 0.306 e. The molecule has 0 heterocycles. The number of esters is 2. The van der Waals surface area contributed by atoms with E-state index in [2.05, 4.69) is 13.8 Å². The minimum absolute atomic E-state index is 0.122. The highest BCUT2D eigenvalue weighted by atomic mass is 16.6. The Morgan fingerprint density at radius 2 is 0.900 bits per heavy atom. The molecular weight excluding hydrogens is 376 g/mol. The minimum Gasteiger partial charge on any atom is -0.458 e. The third-order valence-corrected chi connectivity index (χ3v) is 6.18. The predicted molar refractivity (Wildman–Crippen MR) is 123 cm³/mol. The highest BCUT2D eigenvalue weighted by molar-refractivity contribution is 5.70. The van der Waals surface area contributed by atoms with Crippen LogP contribution >= 0.6 is 0 Å². The van der Waals surface area contributed by atoms with Crippen LogP contribution in [0.3, 0.4) is 0 Å². The van der Waals surface area contributed by atoms with Gasteiger partial charge in [-0.1, -0.05) is 90.9 Å². The van der Waals surface area contributed by atoms with Gasteiger partial charge in [0.1, 0.15) is 12.2 Å². The molecule has 4 nitrogen and oxygen atoms in total. The number of hydrogen-bond acceptors (Lipinski definition) is 4. The number of carbonyl (C=O) groups is 2. The molecule has 0 saturated heterocycles. The maximum absolute atomic E-state index is 12.2. The minimum atomic E-state index is -0.242. The molecule has 1 aliphatic carbocycles. The van der Waals surface area contributed by atoms with Gasteiger partial charge in [-0.15, -0.1) is 0 Å². The van der Waals surface area contributed by atoms with E-state index in [0.29, 0.717) is 12.8 Å². The monoisotopic (exact) mass is 424 g/mol. The van der Waals surface area contributed by atoms with Crippen LogP contribution in [0.5, 0.6) is 0 Å². The second-order valence-corrected chi connectivity index (χ2v) is 9.08. The van der Waals surface area contributed by atoms with Gasteiger partial charge in [-0.2, -0.15) is 0 Å². The number of rotatable bonds is 18. The summed E-state index contributed by atoms with van der Waals surface area (Å²) in [5.74, 6) is -0.243. The molecule has 30 heavy (non-hydrogen) atoms. The van der Waals surface area contributed by atoms with Crippen LogP contribution in [0.25, 0.3) is 0 Å². The summed E-state index contributed by atoms with van der Waals surface area (Å²) in [6, 6.07) is 0. The molecule has 0 radical (unpaired) electrons. The SMILES string of the molecule is CCCCCCCCCC(=O)O[C@@H]1CCCC[C@H]1OC(=O)CCCCCCCCC. The highest BCUT2D eigenvalue weighted by Crippen LogP contribution is 2.25. The molecule has 1 aliphatic rings. The molecule has 1 saturated carbocycles. The lowest BCUT2D eigenvalue weighted by Crippen LogP contribution is -2.37. The quantitative estimate of drug-likeness (QED) is 0.167. The van der Waals surface area contributed by atoms with Crippen molar-refractivity contribution in [2.75, 3.05) is 0 Å². The summed E-state index contributed by atoms with van der Waals surface area (Å²) in [4.78, 5) is 24.5. The summed E-state index contributed by atoms with van der Waals surface area (Å²) in [6.45, 7) is 4.45. The van der Waals surface area contributed by atoms with Gasteiger partial charge in [0.15, 0.2) is 0 Å². The first kappa shape index (κ1) is 27.0. The third-order valence-electron chi connectivity index (χ3n) is 6.18. The molecule has 0 unspecified atom stereocenters. The van der Waals surface area contributed by atoms with E-state index in [-0.39, 0.29) is 24.1 Å². The van der Waals surface area contributed by atoms with Crippen molar-refractivity contribution in [2.45, 2.75) is 154 Å². The lowest BCUT2D eigenvalue weighted by Gasteiger charge is -2.30. The van der Waals surface area contributed by atoms with Gasteiger partial charge in [0, 0.05) is 12.8 Å². The van der Waals surface area contributed by atoms with Crippen molar-refractivity contribution in [3.05, 3.63) is 0 Å². The van der Waals surface area contributed by atoms with Gasteiger partial charge in [0.25, 0.3) is 0 Å². The van der Waals surface area contributed by atoms with Crippen molar-refractivity contribution >= 4 is 11.9 Å². The first-order chi connectivity index (χ1) is 14.7. The van der Waals surface area contributed by atoms with E-state index in [1.807, 2.05) is 0 Å². The van der Waals surface area contributed by atoms with Crippen LogP contribution in [-0.2, 0) is 19.1 Å². The Morgan fingerprint density at radius 3 is 1.27 bits per heavy atom. The Hall–Kier alpha value is -1.06. The molecule has 4 heteroatoms. The van der Waals surface area contributed by atoms with Gasteiger partial charge in [0.05, 0.1) is 0 Å². The van der Waals surface area contributed by atoms with Crippen molar-refractivity contribution < 1.29 is 19.1 Å². The second kappa shape index (κ2) is 18.7. The molecule has 0 aromatic heterocycles. The average molecular weight is 425 g/mol. The van der Waals surface area contributed by atoms with Crippen LogP contribution < -0.4 is 0 Å². The van der Waals surface area contributed by atoms with Crippen LogP contribution in [0.1, 0.15) is 142 Å². The predicted octanol–water partition coefficient (Wildman–Crippen LogP) is 7.67. The first-order valence-corrected chi connectivity index (χ1v) is 13.1. The summed E-state index contributed by atoms with van der Waals surface area (Å²) < 4.78 is 11.4. The zero-order valence-electron chi connectivity index (χ0n) is 19.9. The topological polar surface area (TPSA) is 52.6 Å². The Bertz CT molecular complexity index is 395. The fourth-order valence-corrected chi connectivity index (χ4v) is 4.24. The molecule has 1 fully saturated rings. The average Bonchev–Trinajstić information content (AvgIpc) is 2.74. The first-order valence-electron chi connectivity index (χ1n) is 13.1. The molecule has 2 atom stereocenters. The third kappa shape index (κ3) is 14.0. The smallest absolute Gasteiger partial charge is 0.306 e. The van der Waals surface area contributed by atoms with E-state index in [4.69, 9.17) is 9.47 Å². The van der Waals surface area contributed by atoms with Crippen molar-refractivity contribution in [3.8, 4) is 0 Å². The van der Waals surface area contributed by atoms with Gasteiger partial charge in [-0.25, -0.2) is 0 Å². The Kier molecular flexibility index (Phi) is 16.8. The molecular formula is C26H48O4. The lowest BCUT2D eigenvalue weighted by molar-refractivity contribution is -0.171. The zero-order chi connectivity index (χ0) is 21.9. The maximum atomic E-state index is 12.2. The summed E-state index contributed by atoms with van der Waals surface area (Å²) in [7, 11) is 0. The number of carbonyl (C=O) groups excluding carboxylic acids is 2. The summed E-state index contributed by atoms with van der Waals surface area (Å²) in [6.07, 6.45) is 20.9. The molecule has 0 amide bonds. The number of unbranched alkanes of at least 4 members (excludes halogenated alkanes) is 12. The van der Waals surface area contributed by atoms with Crippen molar-refractivity contribution in [1.82, 2.24) is 0 Å². The summed E-state index contributed by atoms with van der Waals surface area (Å²) >= 11 is 0. The van der Waals surface area contributed by atoms with Crippen molar-refractivity contribution in [1.29, 1.82) is 0 Å². The fourth-order valence-electron chi connectivity index (χ4n) is 4.24. The summed E-state index contributed by atoms with van der Waals surface area (Å²) in [5, 5.41) is 0. The largest absolute Gasteiger partial charge is 0.458 e. The fraction of sp³-hybridized carbons (Fsp3) is 0.923. The van der Waals surface area contributed by atoms with E-state index in [1.165, 1.54) is 64.2 Å². The van der Waals surface area contributed by atoms with Crippen molar-refractivity contribution in [2.24, 2.45) is 0 Å². The van der Waals surface area contributed by atoms with Crippen LogP contribution in [0, 0.1) is 0 Å². The summed E-state index contributed by atoms with van der Waals surface area (Å²) in [5.41, 5.74) is 0. The molecule has 0 bridgehead atoms. The van der Waals surface area contributed by atoms with Crippen molar-refractivity contribution in [3.63, 3.8) is 0 Å². The molecule has 0 aromatic carbocycles. The number of ether oxygens (including phenoxy) is 2. The molecule has 176 valence electrons. The molecule has 0 aliphatic heterocycles. The van der Waals surface area contributed by atoms with Crippen LogP contribution in [-0.4, -0.2) is 24.1 Å². The molecule has 0 aromatic rings. The van der Waals surface area contributed by atoms with E-state index < -0.39 is 0 Å². The number of hydrogen-bond donors (Lipinski definition) is 0. The van der Waals surface area contributed by atoms with Gasteiger partial charge >= 0.3 is 11.9 Å². The highest BCUT2D eigenvalue weighted by Gasteiger charge is 2.31. The Labute approximate surface area is 185 Å². The van der Waals surface area contributed by atoms with Crippen LogP contribution in [0.2, 0.25) is 0 Å². The van der Waals surface area contributed by atoms with Gasteiger partial charge in [-0.05, 0) is 38.5 Å². The van der Waals surface area contributed by atoms with Gasteiger partial charge < -0.3 is 9.47 Å². The van der Waals surface area contributed by atoms with E-state index in [9.17, 15) is 9.59 Å². The lowest BCUT2D eigenvalue weighted by atomic mass is 9.94. The van der Waals surface area contributed by atoms with Crippen LogP contribution in [0.15, 0.2) is 0 Å². The van der Waals surface area contributed by atoms with Crippen LogP contribution in [0.4, 0.5) is 0 Å². The standard InChI is InChI=1S/C26H48O4/c1-3-5-7-9-11-13-15-21-25(27)29-23-19-17-18-20-24(23)30-26(28)22-16-14-12-10-8-6-4-2/h23-24H,3-22H2,1-2H3/t23-,24-/m1/s1. The van der Waals surface area contributed by atoms with Gasteiger partial charge in [-0.3, -0.25) is 9.59 Å². The Balaban J connectivity index is 2.17. The normalized spacial score (nSPS) is 18.9. The van der Waals surface area contributed by atoms with E-state index in [1.54, 1.807) is 0 Å². The molecule has 1 rings (SSSR count). The Morgan fingerprint density at radius 1 is 0.567 bits per heavy atom. The van der Waals surface area contributed by atoms with Gasteiger partial charge in [0.2, 0.25) is 0 Å². The van der Waals surface area contributed by atoms with E-state index in [0.717, 1.165) is 51.4 Å². The molecule has 0 spiro atoms. The zero-order valence-corrected chi connectivity index (χ0v) is 19.9. The second-order valence-electron chi connectivity index (χ2n) is 9.08.